The predicted octanol–water partition coefficient (Wildman–Crippen LogP) is 5.05. The highest BCUT2D eigenvalue weighted by molar-refractivity contribution is 9.10. The minimum Gasteiger partial charge on any atom is -0.362 e. The number of aromatic amines is 1. The fourth-order valence-corrected chi connectivity index (χ4v) is 2.61. The molecule has 0 saturated heterocycles. The molecule has 102 valence electrons. The van der Waals surface area contributed by atoms with Gasteiger partial charge in [0.05, 0.1) is 6.57 Å². The molecular formula is C17H12BrN3. The van der Waals surface area contributed by atoms with Gasteiger partial charge in [0.25, 0.3) is 0 Å². The zero-order valence-electron chi connectivity index (χ0n) is 11.4. The Hall–Kier alpha value is -2.38. The summed E-state index contributed by atoms with van der Waals surface area (Å²) in [6, 6.07) is 7.95. The van der Waals surface area contributed by atoms with E-state index in [1.54, 1.807) is 12.4 Å². The average Bonchev–Trinajstić information content (AvgIpc) is 2.89. The molecule has 0 bridgehead atoms. The van der Waals surface area contributed by atoms with Gasteiger partial charge in [-0.25, -0.2) is 4.85 Å². The van der Waals surface area contributed by atoms with Gasteiger partial charge in [0, 0.05) is 27.9 Å². The normalized spacial score (nSPS) is 11.6. The van der Waals surface area contributed by atoms with Crippen LogP contribution in [0.3, 0.4) is 0 Å². The number of aryl methyl sites for hydroxylation is 1. The third-order valence-corrected chi connectivity index (χ3v) is 3.91. The summed E-state index contributed by atoms with van der Waals surface area (Å²) in [5, 5.41) is 1.04. The number of H-pyrrole nitrogens is 1. The number of hydrogen-bond acceptors (Lipinski definition) is 1. The maximum Gasteiger partial charge on any atom is 0.197 e. The number of aromatic nitrogens is 2. The highest BCUT2D eigenvalue weighted by atomic mass is 79.9. The molecule has 1 aromatic carbocycles. The first-order valence-corrected chi connectivity index (χ1v) is 7.25. The van der Waals surface area contributed by atoms with Crippen LogP contribution in [0.25, 0.3) is 27.5 Å². The number of pyridine rings is 1. The van der Waals surface area contributed by atoms with E-state index in [2.05, 4.69) is 30.7 Å². The van der Waals surface area contributed by atoms with Crippen LogP contribution in [0.15, 0.2) is 47.3 Å². The van der Waals surface area contributed by atoms with Crippen molar-refractivity contribution in [3.05, 3.63) is 75.4 Å². The fourth-order valence-electron chi connectivity index (χ4n) is 2.25. The second-order valence-corrected chi connectivity index (χ2v) is 5.68. The highest BCUT2D eigenvalue weighted by Crippen LogP contribution is 2.30. The molecular weight excluding hydrogens is 326 g/mol. The van der Waals surface area contributed by atoms with Crippen molar-refractivity contribution in [1.82, 2.24) is 9.97 Å². The summed E-state index contributed by atoms with van der Waals surface area (Å²) < 4.78 is 0.998. The SMILES string of the molecule is [C-]#[N+]/C(=C\c1cnccc1C)c1c[nH]c2ccc(Br)cc12. The molecule has 0 spiro atoms. The molecule has 3 rings (SSSR count). The van der Waals surface area contributed by atoms with Gasteiger partial charge in [0.1, 0.15) is 0 Å². The predicted molar refractivity (Wildman–Crippen MR) is 89.4 cm³/mol. The number of benzene rings is 1. The second kappa shape index (κ2) is 5.55. The minimum absolute atomic E-state index is 0.607. The highest BCUT2D eigenvalue weighted by Gasteiger charge is 2.10. The summed E-state index contributed by atoms with van der Waals surface area (Å²) >= 11 is 3.48. The molecule has 0 fully saturated rings. The van der Waals surface area contributed by atoms with Gasteiger partial charge in [-0.15, -0.1) is 0 Å². The van der Waals surface area contributed by atoms with E-state index in [-0.39, 0.29) is 0 Å². The van der Waals surface area contributed by atoms with Crippen LogP contribution < -0.4 is 0 Å². The summed E-state index contributed by atoms with van der Waals surface area (Å²) in [7, 11) is 0. The Morgan fingerprint density at radius 1 is 1.38 bits per heavy atom. The van der Waals surface area contributed by atoms with Crippen LogP contribution in [-0.2, 0) is 0 Å². The molecule has 0 unspecified atom stereocenters. The maximum absolute atomic E-state index is 7.50. The van der Waals surface area contributed by atoms with Crippen molar-refractivity contribution in [3.8, 4) is 0 Å². The second-order valence-electron chi connectivity index (χ2n) is 4.77. The summed E-state index contributed by atoms with van der Waals surface area (Å²) in [4.78, 5) is 11.0. The van der Waals surface area contributed by atoms with E-state index < -0.39 is 0 Å². The number of halogens is 1. The monoisotopic (exact) mass is 337 g/mol. The van der Waals surface area contributed by atoms with Crippen LogP contribution in [-0.4, -0.2) is 9.97 Å². The van der Waals surface area contributed by atoms with E-state index >= 15 is 0 Å². The van der Waals surface area contributed by atoms with E-state index in [4.69, 9.17) is 6.57 Å². The van der Waals surface area contributed by atoms with Crippen molar-refractivity contribution in [2.75, 3.05) is 0 Å². The molecule has 0 atom stereocenters. The topological polar surface area (TPSA) is 33.0 Å². The zero-order valence-corrected chi connectivity index (χ0v) is 13.0. The van der Waals surface area contributed by atoms with Crippen LogP contribution >= 0.6 is 15.9 Å². The molecule has 3 nitrogen and oxygen atoms in total. The van der Waals surface area contributed by atoms with E-state index in [9.17, 15) is 0 Å². The van der Waals surface area contributed by atoms with Crippen molar-refractivity contribution in [1.29, 1.82) is 0 Å². The number of nitrogens with zero attached hydrogens (tertiary/aromatic N) is 2. The standard InChI is InChI=1S/C17H12BrN3/c1-11-5-6-20-9-12(11)7-17(19-2)15-10-21-16-4-3-13(18)8-14(15)16/h3-10,21H,1H3/b17-7-. The first-order valence-electron chi connectivity index (χ1n) is 6.46. The van der Waals surface area contributed by atoms with Crippen molar-refractivity contribution in [3.63, 3.8) is 0 Å². The van der Waals surface area contributed by atoms with E-state index in [1.165, 1.54) is 0 Å². The largest absolute Gasteiger partial charge is 0.362 e. The average molecular weight is 338 g/mol. The lowest BCUT2D eigenvalue weighted by Crippen LogP contribution is -1.84. The number of hydrogen-bond donors (Lipinski definition) is 1. The lowest BCUT2D eigenvalue weighted by atomic mass is 10.1. The Balaban J connectivity index is 2.18. The van der Waals surface area contributed by atoms with Gasteiger partial charge in [-0.3, -0.25) is 4.98 Å². The molecule has 0 amide bonds. The van der Waals surface area contributed by atoms with Crippen molar-refractivity contribution >= 4 is 38.6 Å². The third-order valence-electron chi connectivity index (χ3n) is 3.41. The van der Waals surface area contributed by atoms with Crippen LogP contribution in [0.5, 0.6) is 0 Å². The Morgan fingerprint density at radius 2 is 2.24 bits per heavy atom. The molecule has 0 aliphatic rings. The number of fused-ring (bicyclic) bond motifs is 1. The van der Waals surface area contributed by atoms with Gasteiger partial charge >= 0.3 is 0 Å². The Bertz CT molecular complexity index is 884. The van der Waals surface area contributed by atoms with Gasteiger partial charge in [0.2, 0.25) is 0 Å². The lowest BCUT2D eigenvalue weighted by Gasteiger charge is -2.01. The van der Waals surface area contributed by atoms with Crippen LogP contribution in [0.4, 0.5) is 0 Å². The molecule has 21 heavy (non-hydrogen) atoms. The molecule has 0 aliphatic heterocycles. The van der Waals surface area contributed by atoms with Gasteiger partial charge in [-0.05, 0) is 60.0 Å². The summed E-state index contributed by atoms with van der Waals surface area (Å²) in [6.45, 7) is 9.51. The van der Waals surface area contributed by atoms with Crippen LogP contribution in [0.1, 0.15) is 16.7 Å². The molecule has 0 aliphatic carbocycles. The van der Waals surface area contributed by atoms with Crippen LogP contribution in [0, 0.1) is 13.5 Å². The smallest absolute Gasteiger partial charge is 0.197 e. The van der Waals surface area contributed by atoms with Gasteiger partial charge in [-0.1, -0.05) is 15.9 Å². The van der Waals surface area contributed by atoms with Crippen molar-refractivity contribution < 1.29 is 0 Å². The van der Waals surface area contributed by atoms with E-state index in [0.717, 1.165) is 32.1 Å². The van der Waals surface area contributed by atoms with Crippen LogP contribution in [0.2, 0.25) is 0 Å². The Morgan fingerprint density at radius 3 is 3.00 bits per heavy atom. The number of rotatable bonds is 2. The zero-order chi connectivity index (χ0) is 14.8. The summed E-state index contributed by atoms with van der Waals surface area (Å²) in [5.41, 5.74) is 4.60. The molecule has 2 heterocycles. The Labute approximate surface area is 131 Å². The summed E-state index contributed by atoms with van der Waals surface area (Å²) in [5.74, 6) is 0. The third kappa shape index (κ3) is 2.61. The van der Waals surface area contributed by atoms with E-state index in [1.807, 2.05) is 43.5 Å². The quantitative estimate of drug-likeness (QED) is 0.652. The minimum atomic E-state index is 0.607. The molecule has 2 aromatic heterocycles. The summed E-state index contributed by atoms with van der Waals surface area (Å²) in [6.07, 6.45) is 7.31. The van der Waals surface area contributed by atoms with Gasteiger partial charge in [0.15, 0.2) is 5.70 Å². The van der Waals surface area contributed by atoms with Gasteiger partial charge < -0.3 is 4.98 Å². The maximum atomic E-state index is 7.50. The molecule has 1 N–H and O–H groups in total. The first-order chi connectivity index (χ1) is 10.2. The molecule has 0 radical (unpaired) electrons. The molecule has 3 aromatic rings. The number of nitrogens with one attached hydrogen (secondary N) is 1. The van der Waals surface area contributed by atoms with Gasteiger partial charge in [-0.2, -0.15) is 0 Å². The molecule has 4 heteroatoms. The van der Waals surface area contributed by atoms with E-state index in [0.29, 0.717) is 5.70 Å². The Kier molecular flexibility index (Phi) is 3.59. The lowest BCUT2D eigenvalue weighted by molar-refractivity contribution is 1.27. The van der Waals surface area contributed by atoms with Crippen molar-refractivity contribution in [2.24, 2.45) is 0 Å². The molecule has 0 saturated carbocycles. The fraction of sp³-hybridized carbons (Fsp3) is 0.0588. The van der Waals surface area contributed by atoms with Crippen molar-refractivity contribution in [2.45, 2.75) is 6.92 Å². The first kappa shape index (κ1) is 13.6.